The van der Waals surface area contributed by atoms with Gasteiger partial charge in [0.05, 0.1) is 5.75 Å². The highest BCUT2D eigenvalue weighted by atomic mass is 32.2. The van der Waals surface area contributed by atoms with Crippen LogP contribution in [0, 0.1) is 0 Å². The zero-order chi connectivity index (χ0) is 22.1. The molecule has 0 saturated heterocycles. The lowest BCUT2D eigenvalue weighted by molar-refractivity contribution is -0.136. The van der Waals surface area contributed by atoms with Gasteiger partial charge in [-0.25, -0.2) is 9.59 Å². The Kier molecular flexibility index (Phi) is 15.6. The van der Waals surface area contributed by atoms with Crippen LogP contribution in [0.2, 0.25) is 0 Å². The van der Waals surface area contributed by atoms with E-state index in [1.807, 2.05) is 0 Å². The summed E-state index contributed by atoms with van der Waals surface area (Å²) in [5.74, 6) is -3.22. The number of carboxylic acid groups (broad SMARTS) is 2. The lowest BCUT2D eigenvalue weighted by Gasteiger charge is -2.09. The van der Waals surface area contributed by atoms with Gasteiger partial charge in [0.15, 0.2) is 0 Å². The van der Waals surface area contributed by atoms with Gasteiger partial charge in [-0.2, -0.15) is 8.42 Å². The molecule has 29 heavy (non-hydrogen) atoms. The minimum Gasteiger partial charge on any atom is -0.478 e. The SMILES string of the molecule is CCCCCCCCCCCCCCC(C(=O)O)=C(CCCS(=O)(=O)O)C(=O)O. The third kappa shape index (κ3) is 16.1. The van der Waals surface area contributed by atoms with Crippen LogP contribution in [0.4, 0.5) is 0 Å². The zero-order valence-corrected chi connectivity index (χ0v) is 18.5. The quantitative estimate of drug-likeness (QED) is 0.144. The predicted molar refractivity (Wildman–Crippen MR) is 114 cm³/mol. The summed E-state index contributed by atoms with van der Waals surface area (Å²) in [6.45, 7) is 2.21. The molecule has 0 saturated carbocycles. The Morgan fingerprint density at radius 3 is 1.31 bits per heavy atom. The molecule has 8 heteroatoms. The van der Waals surface area contributed by atoms with E-state index in [1.54, 1.807) is 0 Å². The van der Waals surface area contributed by atoms with Gasteiger partial charge < -0.3 is 10.2 Å². The molecule has 0 radical (unpaired) electrons. The van der Waals surface area contributed by atoms with Crippen molar-refractivity contribution < 1.29 is 32.8 Å². The summed E-state index contributed by atoms with van der Waals surface area (Å²) in [5.41, 5.74) is -0.441. The molecular weight excluding hydrogens is 396 g/mol. The molecule has 0 bridgehead atoms. The van der Waals surface area contributed by atoms with Gasteiger partial charge in [0.1, 0.15) is 0 Å². The summed E-state index contributed by atoms with van der Waals surface area (Å²) < 4.78 is 30.3. The predicted octanol–water partition coefficient (Wildman–Crippen LogP) is 5.21. The molecule has 0 heterocycles. The van der Waals surface area contributed by atoms with Crippen molar-refractivity contribution in [1.29, 1.82) is 0 Å². The van der Waals surface area contributed by atoms with Crippen molar-refractivity contribution in [2.24, 2.45) is 0 Å². The maximum Gasteiger partial charge on any atom is 0.332 e. The average Bonchev–Trinajstić information content (AvgIpc) is 2.62. The molecule has 0 amide bonds. The van der Waals surface area contributed by atoms with Gasteiger partial charge in [-0.05, 0) is 25.7 Å². The largest absolute Gasteiger partial charge is 0.478 e. The van der Waals surface area contributed by atoms with Crippen molar-refractivity contribution in [3.8, 4) is 0 Å². The van der Waals surface area contributed by atoms with Gasteiger partial charge in [-0.1, -0.05) is 77.6 Å². The Labute approximate surface area is 175 Å². The minimum atomic E-state index is -4.19. The normalized spacial score (nSPS) is 12.6. The minimum absolute atomic E-state index is 0.129. The number of aliphatic carboxylic acids is 2. The van der Waals surface area contributed by atoms with Crippen LogP contribution in [0.1, 0.15) is 103 Å². The second kappa shape index (κ2) is 16.4. The van der Waals surface area contributed by atoms with E-state index in [-0.39, 0.29) is 30.4 Å². The Balaban J connectivity index is 4.19. The molecular formula is C21H38O7S. The zero-order valence-electron chi connectivity index (χ0n) is 17.7. The third-order valence-electron chi connectivity index (χ3n) is 4.99. The number of hydrogen-bond donors (Lipinski definition) is 3. The molecule has 0 aliphatic heterocycles. The van der Waals surface area contributed by atoms with Crippen molar-refractivity contribution in [2.45, 2.75) is 103 Å². The first kappa shape index (κ1) is 27.6. The number of unbranched alkanes of at least 4 members (excludes halogenated alkanes) is 11. The van der Waals surface area contributed by atoms with E-state index >= 15 is 0 Å². The molecule has 0 aromatic carbocycles. The van der Waals surface area contributed by atoms with E-state index in [0.717, 1.165) is 19.3 Å². The first-order valence-corrected chi connectivity index (χ1v) is 12.4. The molecule has 0 spiro atoms. The lowest BCUT2D eigenvalue weighted by Crippen LogP contribution is -2.13. The fourth-order valence-corrected chi connectivity index (χ4v) is 3.86. The summed E-state index contributed by atoms with van der Waals surface area (Å²) in [6.07, 6.45) is 13.5. The van der Waals surface area contributed by atoms with Crippen LogP contribution in [-0.4, -0.2) is 40.9 Å². The number of carboxylic acids is 2. The first-order valence-electron chi connectivity index (χ1n) is 10.8. The molecule has 3 N–H and O–H groups in total. The van der Waals surface area contributed by atoms with Gasteiger partial charge in [0.25, 0.3) is 10.1 Å². The van der Waals surface area contributed by atoms with E-state index in [1.165, 1.54) is 51.4 Å². The van der Waals surface area contributed by atoms with E-state index in [4.69, 9.17) is 4.55 Å². The van der Waals surface area contributed by atoms with Crippen LogP contribution in [0.3, 0.4) is 0 Å². The lowest BCUT2D eigenvalue weighted by atomic mass is 9.97. The first-order chi connectivity index (χ1) is 13.7. The summed E-state index contributed by atoms with van der Waals surface area (Å²) in [7, 11) is -4.19. The highest BCUT2D eigenvalue weighted by Crippen LogP contribution is 2.20. The van der Waals surface area contributed by atoms with Crippen molar-refractivity contribution in [2.75, 3.05) is 5.75 Å². The third-order valence-corrected chi connectivity index (χ3v) is 5.79. The van der Waals surface area contributed by atoms with Crippen LogP contribution in [0.25, 0.3) is 0 Å². The number of hydrogen-bond acceptors (Lipinski definition) is 4. The van der Waals surface area contributed by atoms with Crippen LogP contribution in [0.15, 0.2) is 11.1 Å². The second-order valence-corrected chi connectivity index (χ2v) is 9.17. The van der Waals surface area contributed by atoms with Crippen molar-refractivity contribution in [3.63, 3.8) is 0 Å². The molecule has 0 aromatic rings. The van der Waals surface area contributed by atoms with E-state index < -0.39 is 27.8 Å². The Hall–Kier alpha value is -1.41. The van der Waals surface area contributed by atoms with Gasteiger partial charge >= 0.3 is 11.9 Å². The Morgan fingerprint density at radius 1 is 0.621 bits per heavy atom. The van der Waals surface area contributed by atoms with Crippen molar-refractivity contribution in [3.05, 3.63) is 11.1 Å². The summed E-state index contributed by atoms with van der Waals surface area (Å²) in [6, 6.07) is 0. The van der Waals surface area contributed by atoms with Gasteiger partial charge in [-0.3, -0.25) is 4.55 Å². The fourth-order valence-electron chi connectivity index (χ4n) is 3.35. The Morgan fingerprint density at radius 2 is 0.966 bits per heavy atom. The maximum atomic E-state index is 11.4. The molecule has 0 aromatic heterocycles. The van der Waals surface area contributed by atoms with Gasteiger partial charge in [0, 0.05) is 11.1 Å². The average molecular weight is 435 g/mol. The number of rotatable bonds is 19. The van der Waals surface area contributed by atoms with E-state index in [2.05, 4.69) is 6.92 Å². The topological polar surface area (TPSA) is 129 Å². The molecule has 170 valence electrons. The highest BCUT2D eigenvalue weighted by Gasteiger charge is 2.20. The molecule has 0 unspecified atom stereocenters. The van der Waals surface area contributed by atoms with Crippen LogP contribution in [0.5, 0.6) is 0 Å². The van der Waals surface area contributed by atoms with Gasteiger partial charge in [-0.15, -0.1) is 0 Å². The molecule has 0 rings (SSSR count). The van der Waals surface area contributed by atoms with E-state index in [0.29, 0.717) is 6.42 Å². The Bertz CT molecular complexity index is 609. The van der Waals surface area contributed by atoms with Crippen molar-refractivity contribution >= 4 is 22.1 Å². The molecule has 0 fully saturated rings. The van der Waals surface area contributed by atoms with Crippen LogP contribution in [-0.2, 0) is 19.7 Å². The monoisotopic (exact) mass is 434 g/mol. The summed E-state index contributed by atoms with van der Waals surface area (Å²) in [4.78, 5) is 22.8. The molecule has 7 nitrogen and oxygen atoms in total. The fraction of sp³-hybridized carbons (Fsp3) is 0.810. The van der Waals surface area contributed by atoms with Crippen LogP contribution >= 0.6 is 0 Å². The highest BCUT2D eigenvalue weighted by molar-refractivity contribution is 7.85. The van der Waals surface area contributed by atoms with Crippen LogP contribution < -0.4 is 0 Å². The molecule has 0 aliphatic carbocycles. The number of carbonyl (C=O) groups is 2. The van der Waals surface area contributed by atoms with E-state index in [9.17, 15) is 28.2 Å². The van der Waals surface area contributed by atoms with Gasteiger partial charge in [0.2, 0.25) is 0 Å². The summed E-state index contributed by atoms with van der Waals surface area (Å²) in [5, 5.41) is 18.6. The molecule has 0 atom stereocenters. The second-order valence-electron chi connectivity index (χ2n) is 7.60. The maximum absolute atomic E-state index is 11.4. The summed E-state index contributed by atoms with van der Waals surface area (Å²) >= 11 is 0. The smallest absolute Gasteiger partial charge is 0.332 e. The molecule has 0 aliphatic rings. The van der Waals surface area contributed by atoms with Crippen molar-refractivity contribution in [1.82, 2.24) is 0 Å². The standard InChI is InChI=1S/C21H38O7S/c1-2-3-4-5-6-7-8-9-10-11-12-13-15-18(20(22)23)19(21(24)25)16-14-17-29(26,27)28/h2-17H2,1H3,(H,22,23)(H,24,25)(H,26,27,28).